The summed E-state index contributed by atoms with van der Waals surface area (Å²) in [7, 11) is 0. The normalized spacial score (nSPS) is 10.7. The van der Waals surface area contributed by atoms with Gasteiger partial charge in [-0.1, -0.05) is 36.4 Å². The highest BCUT2D eigenvalue weighted by atomic mass is 35.5. The number of halogens is 1. The Bertz CT molecular complexity index is 904. The van der Waals surface area contributed by atoms with Gasteiger partial charge in [0.25, 0.3) is 5.78 Å². The Morgan fingerprint density at radius 1 is 1.43 bits per heavy atom. The molecule has 0 bridgehead atoms. The fraction of sp³-hybridized carbons (Fsp3) is 0.125. The van der Waals surface area contributed by atoms with Crippen molar-refractivity contribution in [3.63, 3.8) is 0 Å². The van der Waals surface area contributed by atoms with Gasteiger partial charge in [-0.2, -0.15) is 4.98 Å². The zero-order valence-corrected chi connectivity index (χ0v) is 13.1. The summed E-state index contributed by atoms with van der Waals surface area (Å²) in [5.41, 5.74) is 1.62. The molecule has 0 saturated carbocycles. The van der Waals surface area contributed by atoms with E-state index in [1.807, 2.05) is 18.2 Å². The molecule has 1 aromatic carbocycles. The minimum absolute atomic E-state index is 0.137. The van der Waals surface area contributed by atoms with Crippen molar-refractivity contribution >= 4 is 23.3 Å². The maximum atomic E-state index is 12.0. The fourth-order valence-electron chi connectivity index (χ4n) is 2.11. The molecule has 0 saturated heterocycles. The van der Waals surface area contributed by atoms with E-state index in [1.54, 1.807) is 13.0 Å². The number of carbonyl (C=O) groups is 1. The Balaban J connectivity index is 2.07. The number of hydrogen-bond donors (Lipinski definition) is 0. The second-order valence-corrected chi connectivity index (χ2v) is 5.18. The Labute approximate surface area is 137 Å². The first-order valence-corrected chi connectivity index (χ1v) is 7.25. The summed E-state index contributed by atoms with van der Waals surface area (Å²) in [6, 6.07) is 7.27. The average Bonchev–Trinajstić information content (AvgIpc) is 2.98. The average molecular weight is 329 g/mol. The number of ether oxygens (including phenoxy) is 1. The maximum Gasteiger partial charge on any atom is 0.341 e. The van der Waals surface area contributed by atoms with Gasteiger partial charge in [-0.25, -0.2) is 14.3 Å². The van der Waals surface area contributed by atoms with Crippen LogP contribution < -0.4 is 0 Å². The highest BCUT2D eigenvalue weighted by Crippen LogP contribution is 2.25. The SMILES string of the molecule is C=CCOC(=O)c1cnc2nc(-c3ccccc3Cl)nn2c1C. The number of fused-ring (bicyclic) bond motifs is 1. The van der Waals surface area contributed by atoms with Crippen molar-refractivity contribution in [3.05, 3.63) is 59.4 Å². The van der Waals surface area contributed by atoms with Gasteiger partial charge in [0.05, 0.1) is 16.3 Å². The van der Waals surface area contributed by atoms with Crippen molar-refractivity contribution in [2.45, 2.75) is 6.92 Å². The van der Waals surface area contributed by atoms with Gasteiger partial charge < -0.3 is 4.74 Å². The van der Waals surface area contributed by atoms with Crippen LogP contribution in [0.1, 0.15) is 16.1 Å². The summed E-state index contributed by atoms with van der Waals surface area (Å²) in [6.45, 7) is 5.40. The number of aromatic nitrogens is 4. The molecule has 0 aliphatic rings. The van der Waals surface area contributed by atoms with Crippen molar-refractivity contribution in [1.29, 1.82) is 0 Å². The maximum absolute atomic E-state index is 12.0. The number of benzene rings is 1. The molecule has 0 fully saturated rings. The highest BCUT2D eigenvalue weighted by molar-refractivity contribution is 6.33. The quantitative estimate of drug-likeness (QED) is 0.543. The predicted octanol–water partition coefficient (Wildman–Crippen LogP) is 3.10. The summed E-state index contributed by atoms with van der Waals surface area (Å²) < 4.78 is 6.54. The van der Waals surface area contributed by atoms with E-state index in [0.29, 0.717) is 33.4 Å². The second-order valence-electron chi connectivity index (χ2n) is 4.77. The molecule has 2 heterocycles. The largest absolute Gasteiger partial charge is 0.458 e. The van der Waals surface area contributed by atoms with Crippen LogP contribution in [0.3, 0.4) is 0 Å². The number of nitrogens with zero attached hydrogens (tertiary/aromatic N) is 4. The molecule has 0 aliphatic heterocycles. The lowest BCUT2D eigenvalue weighted by molar-refractivity contribution is 0.0547. The molecule has 0 radical (unpaired) electrons. The summed E-state index contributed by atoms with van der Waals surface area (Å²) in [4.78, 5) is 20.5. The molecule has 2 aromatic heterocycles. The smallest absolute Gasteiger partial charge is 0.341 e. The molecular formula is C16H13ClN4O2. The van der Waals surface area contributed by atoms with Crippen molar-refractivity contribution < 1.29 is 9.53 Å². The lowest BCUT2D eigenvalue weighted by Crippen LogP contribution is -2.11. The Morgan fingerprint density at radius 2 is 2.22 bits per heavy atom. The monoisotopic (exact) mass is 328 g/mol. The van der Waals surface area contributed by atoms with E-state index < -0.39 is 5.97 Å². The molecule has 3 aromatic rings. The van der Waals surface area contributed by atoms with E-state index in [-0.39, 0.29) is 6.61 Å². The van der Waals surface area contributed by atoms with Crippen LogP contribution in [0.25, 0.3) is 17.2 Å². The first kappa shape index (κ1) is 15.2. The van der Waals surface area contributed by atoms with Crippen LogP contribution in [0.2, 0.25) is 5.02 Å². The molecule has 0 N–H and O–H groups in total. The standard InChI is InChI=1S/C16H13ClN4O2/c1-3-8-23-15(22)12-9-18-16-19-14(20-21(16)10(12)2)11-6-4-5-7-13(11)17/h3-7,9H,1,8H2,2H3. The van der Waals surface area contributed by atoms with Crippen LogP contribution in [0.5, 0.6) is 0 Å². The molecular weight excluding hydrogens is 316 g/mol. The second kappa shape index (κ2) is 6.18. The lowest BCUT2D eigenvalue weighted by atomic mass is 10.2. The van der Waals surface area contributed by atoms with E-state index in [1.165, 1.54) is 16.8 Å². The molecule has 116 valence electrons. The predicted molar refractivity (Wildman–Crippen MR) is 86.4 cm³/mol. The lowest BCUT2D eigenvalue weighted by Gasteiger charge is -2.05. The van der Waals surface area contributed by atoms with Crippen LogP contribution in [0.4, 0.5) is 0 Å². The molecule has 0 amide bonds. The van der Waals surface area contributed by atoms with Crippen molar-refractivity contribution in [2.24, 2.45) is 0 Å². The van der Waals surface area contributed by atoms with Crippen molar-refractivity contribution in [3.8, 4) is 11.4 Å². The number of aryl methyl sites for hydroxylation is 1. The minimum Gasteiger partial charge on any atom is -0.458 e. The summed E-state index contributed by atoms with van der Waals surface area (Å²) in [5, 5.41) is 4.95. The van der Waals surface area contributed by atoms with Crippen molar-refractivity contribution in [2.75, 3.05) is 6.61 Å². The summed E-state index contributed by atoms with van der Waals surface area (Å²) in [6.07, 6.45) is 2.94. The molecule has 6 nitrogen and oxygen atoms in total. The number of esters is 1. The van der Waals surface area contributed by atoms with Crippen LogP contribution in [0, 0.1) is 6.92 Å². The highest BCUT2D eigenvalue weighted by Gasteiger charge is 2.17. The Morgan fingerprint density at radius 3 is 2.96 bits per heavy atom. The molecule has 23 heavy (non-hydrogen) atoms. The van der Waals surface area contributed by atoms with Crippen molar-refractivity contribution in [1.82, 2.24) is 19.6 Å². The Kier molecular flexibility index (Phi) is 4.08. The fourth-order valence-corrected chi connectivity index (χ4v) is 2.33. The minimum atomic E-state index is -0.480. The van der Waals surface area contributed by atoms with E-state index in [0.717, 1.165) is 0 Å². The Hall–Kier alpha value is -2.73. The van der Waals surface area contributed by atoms with Gasteiger partial charge in [-0.05, 0) is 19.1 Å². The van der Waals surface area contributed by atoms with Gasteiger partial charge in [0.1, 0.15) is 6.61 Å². The van der Waals surface area contributed by atoms with Gasteiger partial charge >= 0.3 is 5.97 Å². The zero-order chi connectivity index (χ0) is 16.4. The molecule has 0 aliphatic carbocycles. The third-order valence-electron chi connectivity index (χ3n) is 3.27. The van der Waals surface area contributed by atoms with E-state index >= 15 is 0 Å². The van der Waals surface area contributed by atoms with E-state index in [9.17, 15) is 4.79 Å². The molecule has 0 spiro atoms. The summed E-state index contributed by atoms with van der Waals surface area (Å²) >= 11 is 6.17. The van der Waals surface area contributed by atoms with Gasteiger partial charge in [-0.3, -0.25) is 0 Å². The molecule has 0 atom stereocenters. The van der Waals surface area contributed by atoms with Crippen LogP contribution in [-0.2, 0) is 4.74 Å². The number of hydrogen-bond acceptors (Lipinski definition) is 5. The molecule has 7 heteroatoms. The third kappa shape index (κ3) is 2.80. The molecule has 3 rings (SSSR count). The van der Waals surface area contributed by atoms with Gasteiger partial charge in [0, 0.05) is 11.8 Å². The molecule has 0 unspecified atom stereocenters. The van der Waals surface area contributed by atoms with Crippen LogP contribution >= 0.6 is 11.6 Å². The van der Waals surface area contributed by atoms with E-state index in [4.69, 9.17) is 16.3 Å². The number of carbonyl (C=O) groups excluding carboxylic acids is 1. The van der Waals surface area contributed by atoms with Crippen LogP contribution in [0.15, 0.2) is 43.1 Å². The third-order valence-corrected chi connectivity index (χ3v) is 3.60. The zero-order valence-electron chi connectivity index (χ0n) is 12.4. The first-order valence-electron chi connectivity index (χ1n) is 6.87. The van der Waals surface area contributed by atoms with E-state index in [2.05, 4.69) is 21.6 Å². The topological polar surface area (TPSA) is 69.4 Å². The van der Waals surface area contributed by atoms with Crippen LogP contribution in [-0.4, -0.2) is 32.2 Å². The van der Waals surface area contributed by atoms with Gasteiger partial charge in [0.15, 0.2) is 5.82 Å². The van der Waals surface area contributed by atoms with Gasteiger partial charge in [-0.15, -0.1) is 5.10 Å². The van der Waals surface area contributed by atoms with Gasteiger partial charge in [0.2, 0.25) is 0 Å². The summed E-state index contributed by atoms with van der Waals surface area (Å²) in [5.74, 6) is 0.354. The first-order chi connectivity index (χ1) is 11.1. The number of rotatable bonds is 4.